The van der Waals surface area contributed by atoms with Gasteiger partial charge in [0.2, 0.25) is 0 Å². The first-order valence-corrected chi connectivity index (χ1v) is 14.0. The van der Waals surface area contributed by atoms with Crippen LogP contribution >= 0.6 is 0 Å². The maximum absolute atomic E-state index is 11.1. The van der Waals surface area contributed by atoms with E-state index in [1.54, 1.807) is 11.1 Å². The number of hydrogen-bond acceptors (Lipinski definition) is 7. The number of nitro benzene ring substituents is 3. The third kappa shape index (κ3) is 8.43. The van der Waals surface area contributed by atoms with E-state index in [1.165, 1.54) is 99.6 Å². The maximum Gasteiger partial charge on any atom is 0.283 e. The Morgan fingerprint density at radius 2 is 0.975 bits per heavy atom. The minimum atomic E-state index is -1.46. The molecule has 0 spiro atoms. The predicted molar refractivity (Wildman–Crippen MR) is 148 cm³/mol. The van der Waals surface area contributed by atoms with Gasteiger partial charge in [-0.25, -0.2) is 0 Å². The molecule has 2 aromatic carbocycles. The Morgan fingerprint density at radius 1 is 0.625 bits per heavy atom. The lowest BCUT2D eigenvalue weighted by Gasteiger charge is -2.36. The molecule has 0 N–H and O–H groups in total. The lowest BCUT2D eigenvalue weighted by Crippen LogP contribution is -2.46. The van der Waals surface area contributed by atoms with Gasteiger partial charge in [0.15, 0.2) is 0 Å². The molecule has 0 saturated carbocycles. The monoisotopic (exact) mass is 558 g/mol. The van der Waals surface area contributed by atoms with Gasteiger partial charge in [-0.3, -0.25) is 30.3 Å². The van der Waals surface area contributed by atoms with Gasteiger partial charge in [0.25, 0.3) is 17.1 Å². The van der Waals surface area contributed by atoms with Gasteiger partial charge in [0.1, 0.15) is 13.1 Å². The first kappa shape index (κ1) is 30.9. The fraction of sp³-hybridized carbons (Fsp3) is 0.571. The van der Waals surface area contributed by atoms with Crippen molar-refractivity contribution in [2.45, 2.75) is 64.5 Å². The Bertz CT molecular complexity index is 1120. The highest BCUT2D eigenvalue weighted by Gasteiger charge is 2.29. The van der Waals surface area contributed by atoms with Crippen molar-refractivity contribution < 1.29 is 28.8 Å². The van der Waals surface area contributed by atoms with Crippen LogP contribution in [0, 0.1) is 30.3 Å². The van der Waals surface area contributed by atoms with Crippen LogP contribution in [0.15, 0.2) is 36.4 Å². The van der Waals surface area contributed by atoms with Gasteiger partial charge in [-0.05, 0) is 51.4 Å². The summed E-state index contributed by atoms with van der Waals surface area (Å²) in [7, 11) is 4.98. The Morgan fingerprint density at radius 3 is 1.27 bits per heavy atom. The second-order valence-electron chi connectivity index (χ2n) is 11.6. The molecule has 0 atom stereocenters. The molecular formula is C28H40N5O7+. The molecule has 0 radical (unpaired) electrons. The molecule has 2 fully saturated rings. The van der Waals surface area contributed by atoms with Gasteiger partial charge in [-0.15, -0.1) is 0 Å². The summed E-state index contributed by atoms with van der Waals surface area (Å²) in [4.78, 5) is 27.5. The molecule has 2 aromatic rings. The summed E-state index contributed by atoms with van der Waals surface area (Å²) in [5.41, 5.74) is -0.0317. The molecule has 2 heterocycles. The van der Waals surface area contributed by atoms with E-state index < -0.39 is 37.6 Å². The molecular weight excluding hydrogens is 518 g/mol. The Kier molecular flexibility index (Phi) is 10.5. The van der Waals surface area contributed by atoms with Crippen molar-refractivity contribution in [1.82, 2.24) is 0 Å². The maximum atomic E-state index is 11.1. The molecule has 0 bridgehead atoms. The van der Waals surface area contributed by atoms with Crippen LogP contribution in [-0.2, 0) is 13.1 Å². The van der Waals surface area contributed by atoms with Crippen LogP contribution in [0.1, 0.15) is 62.5 Å². The number of likely N-dealkylation sites (tertiary alicyclic amines) is 2. The zero-order chi connectivity index (χ0) is 29.3. The third-order valence-corrected chi connectivity index (χ3v) is 8.15. The van der Waals surface area contributed by atoms with Crippen LogP contribution in [0.5, 0.6) is 5.75 Å². The number of hydrogen-bond donors (Lipinski definition) is 0. The molecule has 12 heteroatoms. The van der Waals surface area contributed by atoms with Crippen LogP contribution in [0.2, 0.25) is 0 Å². The molecule has 2 aliphatic heterocycles. The predicted octanol–water partition coefficient (Wildman–Crippen LogP) is 5.21. The largest absolute Gasteiger partial charge is 0.863 e. The topological polar surface area (TPSA) is 152 Å². The van der Waals surface area contributed by atoms with Gasteiger partial charge in [-0.1, -0.05) is 24.3 Å². The van der Waals surface area contributed by atoms with E-state index in [0.29, 0.717) is 12.1 Å². The summed E-state index contributed by atoms with van der Waals surface area (Å²) in [6.45, 7) is 7.91. The summed E-state index contributed by atoms with van der Waals surface area (Å²) in [5, 5.41) is 42.1. The highest BCUT2D eigenvalue weighted by Crippen LogP contribution is 2.37. The van der Waals surface area contributed by atoms with Crippen LogP contribution in [0.4, 0.5) is 17.1 Å². The molecule has 4 rings (SSSR count). The molecule has 0 unspecified atom stereocenters. The Labute approximate surface area is 234 Å². The van der Waals surface area contributed by atoms with Gasteiger partial charge in [0.05, 0.1) is 72.9 Å². The third-order valence-electron chi connectivity index (χ3n) is 8.15. The van der Waals surface area contributed by atoms with E-state index in [4.69, 9.17) is 0 Å². The van der Waals surface area contributed by atoms with Crippen molar-refractivity contribution in [2.75, 3.05) is 40.3 Å². The zero-order valence-corrected chi connectivity index (χ0v) is 23.5. The van der Waals surface area contributed by atoms with Crippen LogP contribution in [-0.4, -0.2) is 64.0 Å². The molecule has 0 amide bonds. The summed E-state index contributed by atoms with van der Waals surface area (Å²) in [6.07, 6.45) is 11.4. The molecule has 0 aromatic heterocycles. The van der Waals surface area contributed by atoms with Gasteiger partial charge in [0, 0.05) is 11.1 Å². The SMILES string of the molecule is C[N+]1(Cc2ccccc2C[N+]2(C)CCCCCC2)CCCCCC1.O=[N+]([O-])c1cc([N+](=O)[O-])c([O-])c([N+](=O)[O-])c1. The summed E-state index contributed by atoms with van der Waals surface area (Å²) >= 11 is 0. The average Bonchev–Trinajstić information content (AvgIpc) is 3.24. The molecule has 2 saturated heterocycles. The van der Waals surface area contributed by atoms with E-state index in [2.05, 4.69) is 38.4 Å². The summed E-state index contributed by atoms with van der Waals surface area (Å²) in [6, 6.07) is 10.1. The molecule has 218 valence electrons. The van der Waals surface area contributed by atoms with Crippen molar-refractivity contribution in [3.8, 4) is 5.75 Å². The van der Waals surface area contributed by atoms with Crippen molar-refractivity contribution in [1.29, 1.82) is 0 Å². The second kappa shape index (κ2) is 13.6. The van der Waals surface area contributed by atoms with E-state index >= 15 is 0 Å². The highest BCUT2D eigenvalue weighted by atomic mass is 16.6. The van der Waals surface area contributed by atoms with Gasteiger partial charge < -0.3 is 14.1 Å². The zero-order valence-electron chi connectivity index (χ0n) is 23.5. The standard InChI is InChI=1S/C22H38N2.C6H3N3O7/c1-23(15-9-3-4-10-16-23)19-21-13-7-8-14-22(21)20-24(2)17-11-5-6-12-18-24;10-6-4(8(13)14)1-3(7(11)12)2-5(6)9(15)16/h7-8,13-14H,3-6,9-12,15-20H2,1-2H3;1-2,10H/q+2;/p-1. The number of non-ortho nitro benzene ring substituents is 1. The Hall–Kier alpha value is -3.64. The van der Waals surface area contributed by atoms with Crippen LogP contribution in [0.25, 0.3) is 0 Å². The summed E-state index contributed by atoms with van der Waals surface area (Å²) in [5.74, 6) is -1.46. The van der Waals surface area contributed by atoms with Crippen molar-refractivity contribution >= 4 is 17.1 Å². The van der Waals surface area contributed by atoms with E-state index in [0.717, 1.165) is 0 Å². The van der Waals surface area contributed by atoms with E-state index in [9.17, 15) is 35.4 Å². The van der Waals surface area contributed by atoms with E-state index in [1.807, 2.05) is 0 Å². The fourth-order valence-electron chi connectivity index (χ4n) is 5.87. The lowest BCUT2D eigenvalue weighted by atomic mass is 10.0. The Balaban J connectivity index is 0.000000241. The van der Waals surface area contributed by atoms with Gasteiger partial charge in [-0.2, -0.15) is 0 Å². The smallest absolute Gasteiger partial charge is 0.283 e. The number of quaternary nitrogens is 2. The normalized spacial score (nSPS) is 18.4. The molecule has 2 aliphatic rings. The minimum Gasteiger partial charge on any atom is -0.863 e. The van der Waals surface area contributed by atoms with Crippen molar-refractivity contribution in [2.24, 2.45) is 0 Å². The minimum absolute atomic E-state index is 0.384. The first-order chi connectivity index (χ1) is 18.9. The first-order valence-electron chi connectivity index (χ1n) is 14.0. The average molecular weight is 559 g/mol. The van der Waals surface area contributed by atoms with Crippen LogP contribution in [0.3, 0.4) is 0 Å². The van der Waals surface area contributed by atoms with Crippen molar-refractivity contribution in [3.63, 3.8) is 0 Å². The number of nitro groups is 3. The highest BCUT2D eigenvalue weighted by molar-refractivity contribution is 5.64. The number of nitrogens with zero attached hydrogens (tertiary/aromatic N) is 5. The molecule has 12 nitrogen and oxygen atoms in total. The van der Waals surface area contributed by atoms with Crippen LogP contribution < -0.4 is 5.11 Å². The molecule has 0 aliphatic carbocycles. The molecule has 40 heavy (non-hydrogen) atoms. The summed E-state index contributed by atoms with van der Waals surface area (Å²) < 4.78 is 2.50. The number of benzene rings is 2. The quantitative estimate of drug-likeness (QED) is 0.257. The fourth-order valence-corrected chi connectivity index (χ4v) is 5.87. The van der Waals surface area contributed by atoms with Crippen molar-refractivity contribution in [3.05, 3.63) is 77.9 Å². The second-order valence-corrected chi connectivity index (χ2v) is 11.6. The number of rotatable bonds is 7. The van der Waals surface area contributed by atoms with Gasteiger partial charge >= 0.3 is 0 Å². The lowest BCUT2D eigenvalue weighted by molar-refractivity contribution is -0.925. The van der Waals surface area contributed by atoms with E-state index in [-0.39, 0.29) is 0 Å².